The third-order valence-electron chi connectivity index (χ3n) is 3.30. The minimum absolute atomic E-state index is 0.0217. The largest absolute Gasteiger partial charge is 0.467 e. The lowest BCUT2D eigenvalue weighted by Gasteiger charge is -2.23. The lowest BCUT2D eigenvalue weighted by Crippen LogP contribution is -2.32. The maximum Gasteiger partial charge on any atom is 0.128 e. The Morgan fingerprint density at radius 1 is 1.47 bits per heavy atom. The molecule has 0 fully saturated rings. The summed E-state index contributed by atoms with van der Waals surface area (Å²) in [5, 5.41) is 0. The first-order valence-electron chi connectivity index (χ1n) is 5.94. The van der Waals surface area contributed by atoms with E-state index in [-0.39, 0.29) is 12.1 Å². The number of hydrogen-bond donors (Lipinski definition) is 1. The summed E-state index contributed by atoms with van der Waals surface area (Å²) < 4.78 is 7.61. The van der Waals surface area contributed by atoms with Gasteiger partial charge >= 0.3 is 0 Å². The van der Waals surface area contributed by atoms with Crippen LogP contribution in [0.1, 0.15) is 36.5 Å². The molecule has 2 N–H and O–H groups in total. The summed E-state index contributed by atoms with van der Waals surface area (Å²) in [6.07, 6.45) is 4.42. The van der Waals surface area contributed by atoms with Crippen LogP contribution in [0.15, 0.2) is 29.1 Å². The minimum atomic E-state index is 0.0217. The Labute approximate surface area is 101 Å². The first-order valence-corrected chi connectivity index (χ1v) is 5.94. The average Bonchev–Trinajstić information content (AvgIpc) is 2.94. The zero-order chi connectivity index (χ0) is 12.4. The molecule has 2 unspecified atom stereocenters. The van der Waals surface area contributed by atoms with Crippen LogP contribution in [-0.2, 0) is 0 Å². The standard InChI is InChI=1S/C13H19N3O/c1-4-11(14)13(12-6-5-7-17-12)16-8-15-9(2)10(16)3/h5-8,11,13H,4,14H2,1-3H3. The summed E-state index contributed by atoms with van der Waals surface area (Å²) in [5.74, 6) is 0.889. The van der Waals surface area contributed by atoms with E-state index < -0.39 is 0 Å². The van der Waals surface area contributed by atoms with Crippen LogP contribution >= 0.6 is 0 Å². The number of nitrogens with zero attached hydrogens (tertiary/aromatic N) is 2. The molecule has 0 aliphatic carbocycles. The van der Waals surface area contributed by atoms with Crippen molar-refractivity contribution < 1.29 is 4.42 Å². The van der Waals surface area contributed by atoms with E-state index in [1.807, 2.05) is 25.4 Å². The predicted octanol–water partition coefficient (Wildman–Crippen LogP) is 2.42. The Morgan fingerprint density at radius 2 is 2.24 bits per heavy atom. The number of nitrogens with two attached hydrogens (primary N) is 1. The van der Waals surface area contributed by atoms with Crippen molar-refractivity contribution >= 4 is 0 Å². The highest BCUT2D eigenvalue weighted by molar-refractivity contribution is 5.16. The van der Waals surface area contributed by atoms with Crippen molar-refractivity contribution in [1.82, 2.24) is 9.55 Å². The van der Waals surface area contributed by atoms with Gasteiger partial charge in [0, 0.05) is 11.7 Å². The Bertz CT molecular complexity index is 473. The molecule has 0 bridgehead atoms. The fraction of sp³-hybridized carbons (Fsp3) is 0.462. The molecular formula is C13H19N3O. The molecule has 2 heterocycles. The van der Waals surface area contributed by atoms with E-state index in [0.717, 1.165) is 23.6 Å². The van der Waals surface area contributed by atoms with Gasteiger partial charge in [0.05, 0.1) is 18.3 Å². The van der Waals surface area contributed by atoms with E-state index in [0.29, 0.717) is 0 Å². The van der Waals surface area contributed by atoms with Gasteiger partial charge in [0.25, 0.3) is 0 Å². The minimum Gasteiger partial charge on any atom is -0.467 e. The molecule has 2 aromatic rings. The molecule has 4 heteroatoms. The molecule has 4 nitrogen and oxygen atoms in total. The zero-order valence-electron chi connectivity index (χ0n) is 10.6. The third-order valence-corrected chi connectivity index (χ3v) is 3.30. The molecule has 0 amide bonds. The van der Waals surface area contributed by atoms with Gasteiger partial charge in [-0.3, -0.25) is 0 Å². The molecule has 0 spiro atoms. The van der Waals surface area contributed by atoms with Crippen LogP contribution in [0.5, 0.6) is 0 Å². The van der Waals surface area contributed by atoms with Crippen LogP contribution in [0.25, 0.3) is 0 Å². The van der Waals surface area contributed by atoms with Crippen molar-refractivity contribution in [2.45, 2.75) is 39.3 Å². The molecule has 17 heavy (non-hydrogen) atoms. The second-order valence-corrected chi connectivity index (χ2v) is 4.36. The van der Waals surface area contributed by atoms with Gasteiger partial charge < -0.3 is 14.7 Å². The molecule has 0 aliphatic rings. The molecule has 0 aliphatic heterocycles. The van der Waals surface area contributed by atoms with Crippen molar-refractivity contribution in [1.29, 1.82) is 0 Å². The summed E-state index contributed by atoms with van der Waals surface area (Å²) in [6, 6.07) is 3.91. The van der Waals surface area contributed by atoms with Crippen molar-refractivity contribution in [3.05, 3.63) is 41.9 Å². The van der Waals surface area contributed by atoms with E-state index in [9.17, 15) is 0 Å². The topological polar surface area (TPSA) is 57.0 Å². The second-order valence-electron chi connectivity index (χ2n) is 4.36. The van der Waals surface area contributed by atoms with Crippen molar-refractivity contribution in [3.8, 4) is 0 Å². The number of furan rings is 1. The molecule has 2 rings (SSSR count). The second kappa shape index (κ2) is 4.75. The van der Waals surface area contributed by atoms with Gasteiger partial charge in [-0.25, -0.2) is 4.98 Å². The monoisotopic (exact) mass is 233 g/mol. The lowest BCUT2D eigenvalue weighted by molar-refractivity contribution is 0.369. The number of aryl methyl sites for hydroxylation is 1. The predicted molar refractivity (Wildman–Crippen MR) is 66.8 cm³/mol. The Kier molecular flexibility index (Phi) is 3.33. The number of hydrogen-bond acceptors (Lipinski definition) is 3. The summed E-state index contributed by atoms with van der Waals surface area (Å²) in [7, 11) is 0. The highest BCUT2D eigenvalue weighted by atomic mass is 16.3. The van der Waals surface area contributed by atoms with Crippen LogP contribution < -0.4 is 5.73 Å². The number of aromatic nitrogens is 2. The first kappa shape index (κ1) is 11.9. The Morgan fingerprint density at radius 3 is 2.71 bits per heavy atom. The highest BCUT2D eigenvalue weighted by Crippen LogP contribution is 2.25. The van der Waals surface area contributed by atoms with E-state index >= 15 is 0 Å². The number of imidazole rings is 1. The molecular weight excluding hydrogens is 214 g/mol. The van der Waals surface area contributed by atoms with Crippen molar-refractivity contribution in [3.63, 3.8) is 0 Å². The smallest absolute Gasteiger partial charge is 0.128 e. The Hall–Kier alpha value is -1.55. The molecule has 0 saturated heterocycles. The zero-order valence-corrected chi connectivity index (χ0v) is 10.6. The molecule has 0 saturated carbocycles. The van der Waals surface area contributed by atoms with E-state index in [4.69, 9.17) is 10.2 Å². The SMILES string of the molecule is CCC(N)C(c1ccco1)n1cnc(C)c1C. The maximum absolute atomic E-state index is 6.21. The quantitative estimate of drug-likeness (QED) is 0.882. The summed E-state index contributed by atoms with van der Waals surface area (Å²) in [5.41, 5.74) is 8.38. The van der Waals surface area contributed by atoms with Gasteiger partial charge in [0.2, 0.25) is 0 Å². The van der Waals surface area contributed by atoms with Crippen molar-refractivity contribution in [2.75, 3.05) is 0 Å². The van der Waals surface area contributed by atoms with E-state index in [1.54, 1.807) is 6.26 Å². The van der Waals surface area contributed by atoms with Gasteiger partial charge in [-0.2, -0.15) is 0 Å². The third kappa shape index (κ3) is 2.13. The van der Waals surface area contributed by atoms with E-state index in [2.05, 4.69) is 23.4 Å². The van der Waals surface area contributed by atoms with Crippen LogP contribution in [0.3, 0.4) is 0 Å². The van der Waals surface area contributed by atoms with Gasteiger partial charge in [0.1, 0.15) is 11.8 Å². The molecule has 0 aromatic carbocycles. The fourth-order valence-electron chi connectivity index (χ4n) is 2.03. The number of rotatable bonds is 4. The maximum atomic E-state index is 6.21. The molecule has 2 aromatic heterocycles. The van der Waals surface area contributed by atoms with Gasteiger partial charge in [-0.15, -0.1) is 0 Å². The van der Waals surface area contributed by atoms with Crippen LogP contribution in [0.2, 0.25) is 0 Å². The summed E-state index contributed by atoms with van der Waals surface area (Å²) in [6.45, 7) is 6.14. The van der Waals surface area contributed by atoms with Crippen LogP contribution in [-0.4, -0.2) is 15.6 Å². The van der Waals surface area contributed by atoms with Crippen LogP contribution in [0.4, 0.5) is 0 Å². The van der Waals surface area contributed by atoms with Gasteiger partial charge in [0.15, 0.2) is 0 Å². The first-order chi connectivity index (χ1) is 8.15. The van der Waals surface area contributed by atoms with Gasteiger partial charge in [-0.05, 0) is 32.4 Å². The average molecular weight is 233 g/mol. The Balaban J connectivity index is 2.44. The summed E-state index contributed by atoms with van der Waals surface area (Å²) >= 11 is 0. The summed E-state index contributed by atoms with van der Waals surface area (Å²) in [4.78, 5) is 4.33. The normalized spacial score (nSPS) is 14.8. The lowest BCUT2D eigenvalue weighted by atomic mass is 10.0. The fourth-order valence-corrected chi connectivity index (χ4v) is 2.03. The molecule has 92 valence electrons. The van der Waals surface area contributed by atoms with E-state index in [1.165, 1.54) is 0 Å². The van der Waals surface area contributed by atoms with Crippen LogP contribution in [0, 0.1) is 13.8 Å². The highest BCUT2D eigenvalue weighted by Gasteiger charge is 2.24. The van der Waals surface area contributed by atoms with Crippen molar-refractivity contribution in [2.24, 2.45) is 5.73 Å². The molecule has 0 radical (unpaired) electrons. The molecule has 2 atom stereocenters. The van der Waals surface area contributed by atoms with Gasteiger partial charge in [-0.1, -0.05) is 6.92 Å².